The molecule has 1 unspecified atom stereocenters. The molecule has 0 bridgehead atoms. The molecule has 1 saturated carbocycles. The van der Waals surface area contributed by atoms with Gasteiger partial charge in [0.1, 0.15) is 11.6 Å². The van der Waals surface area contributed by atoms with Crippen LogP contribution in [0.5, 0.6) is 11.5 Å². The lowest BCUT2D eigenvalue weighted by atomic mass is 10.1. The molecule has 7 nitrogen and oxygen atoms in total. The fraction of sp³-hybridized carbons (Fsp3) is 0.571. The van der Waals surface area contributed by atoms with E-state index in [4.69, 9.17) is 9.47 Å². The third-order valence-corrected chi connectivity index (χ3v) is 5.36. The molecule has 150 valence electrons. The molecule has 0 spiro atoms. The lowest BCUT2D eigenvalue weighted by Crippen LogP contribution is -2.35. The zero-order chi connectivity index (χ0) is 19.5. The van der Waals surface area contributed by atoms with Crippen molar-refractivity contribution in [2.75, 3.05) is 13.2 Å². The number of benzene rings is 1. The van der Waals surface area contributed by atoms with Gasteiger partial charge in [0.15, 0.2) is 11.5 Å². The molecule has 2 heterocycles. The monoisotopic (exact) mass is 384 g/mol. The van der Waals surface area contributed by atoms with Crippen molar-refractivity contribution < 1.29 is 14.3 Å². The highest BCUT2D eigenvalue weighted by molar-refractivity contribution is 5.95. The van der Waals surface area contributed by atoms with Crippen molar-refractivity contribution in [3.05, 3.63) is 35.4 Å². The normalized spacial score (nSPS) is 18.9. The summed E-state index contributed by atoms with van der Waals surface area (Å²) in [6.07, 6.45) is 5.06. The topological polar surface area (TPSA) is 78.3 Å². The van der Waals surface area contributed by atoms with E-state index in [-0.39, 0.29) is 11.9 Å². The number of aromatic nitrogens is 3. The average molecular weight is 384 g/mol. The van der Waals surface area contributed by atoms with E-state index in [1.54, 1.807) is 18.2 Å². The number of rotatable bonds is 7. The van der Waals surface area contributed by atoms with Gasteiger partial charge < -0.3 is 19.4 Å². The first-order chi connectivity index (χ1) is 13.7. The summed E-state index contributed by atoms with van der Waals surface area (Å²) in [5.74, 6) is 3.98. The zero-order valence-electron chi connectivity index (χ0n) is 16.6. The van der Waals surface area contributed by atoms with Gasteiger partial charge >= 0.3 is 0 Å². The van der Waals surface area contributed by atoms with E-state index >= 15 is 0 Å². The lowest BCUT2D eigenvalue weighted by Gasteiger charge is -2.17. The predicted molar refractivity (Wildman–Crippen MR) is 105 cm³/mol. The maximum Gasteiger partial charge on any atom is 0.251 e. The number of carbonyl (C=O) groups excluding carboxylic acids is 1. The van der Waals surface area contributed by atoms with Crippen LogP contribution in [0.2, 0.25) is 0 Å². The summed E-state index contributed by atoms with van der Waals surface area (Å²) in [7, 11) is 0. The Morgan fingerprint density at radius 1 is 1.11 bits per heavy atom. The van der Waals surface area contributed by atoms with Gasteiger partial charge in [-0.2, -0.15) is 0 Å². The van der Waals surface area contributed by atoms with Gasteiger partial charge in [-0.25, -0.2) is 0 Å². The number of hydrogen-bond acceptors (Lipinski definition) is 5. The molecule has 2 aliphatic rings. The molecule has 0 saturated heterocycles. The Morgan fingerprint density at radius 2 is 1.89 bits per heavy atom. The van der Waals surface area contributed by atoms with Crippen molar-refractivity contribution >= 4 is 5.91 Å². The number of nitrogens with zero attached hydrogens (tertiary/aromatic N) is 3. The highest BCUT2D eigenvalue weighted by Crippen LogP contribution is 2.39. The standard InChI is InChI=1S/C21H28N4O3/c1-3-27-17-9-7-15(13-18(17)28-4-2)21(26)22-16-8-10-19-23-24-20(14-5-6-14)25(19)12-11-16/h7,9,13-14,16H,3-6,8,10-12H2,1-2H3,(H,22,26). The summed E-state index contributed by atoms with van der Waals surface area (Å²) in [6, 6.07) is 5.49. The lowest BCUT2D eigenvalue weighted by molar-refractivity contribution is 0.0932. The molecule has 1 fully saturated rings. The van der Waals surface area contributed by atoms with Crippen LogP contribution in [0.3, 0.4) is 0 Å². The molecular formula is C21H28N4O3. The van der Waals surface area contributed by atoms with Crippen molar-refractivity contribution in [1.82, 2.24) is 20.1 Å². The summed E-state index contributed by atoms with van der Waals surface area (Å²) in [5.41, 5.74) is 0.592. The predicted octanol–water partition coefficient (Wildman–Crippen LogP) is 3.09. The van der Waals surface area contributed by atoms with E-state index in [2.05, 4.69) is 20.1 Å². The van der Waals surface area contributed by atoms with E-state index in [0.717, 1.165) is 37.5 Å². The SMILES string of the molecule is CCOc1ccc(C(=O)NC2CCc3nnc(C4CC4)n3CC2)cc1OCC. The van der Waals surface area contributed by atoms with Crippen LogP contribution < -0.4 is 14.8 Å². The Hall–Kier alpha value is -2.57. The van der Waals surface area contributed by atoms with Crippen LogP contribution in [0.25, 0.3) is 0 Å². The van der Waals surface area contributed by atoms with Crippen molar-refractivity contribution in [3.63, 3.8) is 0 Å². The Morgan fingerprint density at radius 3 is 2.64 bits per heavy atom. The first-order valence-corrected chi connectivity index (χ1v) is 10.3. The fourth-order valence-electron chi connectivity index (χ4n) is 3.76. The first kappa shape index (κ1) is 18.8. The molecule has 0 radical (unpaired) electrons. The first-order valence-electron chi connectivity index (χ1n) is 10.3. The van der Waals surface area contributed by atoms with Gasteiger partial charge in [0.25, 0.3) is 5.91 Å². The number of ether oxygens (including phenoxy) is 2. The van der Waals surface area contributed by atoms with Crippen LogP contribution in [0.1, 0.15) is 67.5 Å². The van der Waals surface area contributed by atoms with Crippen LogP contribution in [0.4, 0.5) is 0 Å². The Balaban J connectivity index is 1.41. The van der Waals surface area contributed by atoms with Gasteiger partial charge in [0.2, 0.25) is 0 Å². The third-order valence-electron chi connectivity index (χ3n) is 5.36. The van der Waals surface area contributed by atoms with Gasteiger partial charge in [0, 0.05) is 30.5 Å². The minimum atomic E-state index is -0.0749. The maximum atomic E-state index is 12.8. The highest BCUT2D eigenvalue weighted by atomic mass is 16.5. The van der Waals surface area contributed by atoms with E-state index in [1.807, 2.05) is 13.8 Å². The second kappa shape index (κ2) is 8.20. The summed E-state index contributed by atoms with van der Waals surface area (Å²) in [4.78, 5) is 12.8. The van der Waals surface area contributed by atoms with E-state index in [0.29, 0.717) is 36.2 Å². The molecule has 28 heavy (non-hydrogen) atoms. The molecule has 1 aromatic heterocycles. The molecule has 1 amide bonds. The minimum Gasteiger partial charge on any atom is -0.490 e. The summed E-state index contributed by atoms with van der Waals surface area (Å²) < 4.78 is 13.5. The number of amides is 1. The molecule has 1 aromatic carbocycles. The van der Waals surface area contributed by atoms with E-state index < -0.39 is 0 Å². The molecular weight excluding hydrogens is 356 g/mol. The quantitative estimate of drug-likeness (QED) is 0.794. The second-order valence-corrected chi connectivity index (χ2v) is 7.43. The van der Waals surface area contributed by atoms with Crippen molar-refractivity contribution in [2.24, 2.45) is 0 Å². The average Bonchev–Trinajstić information content (AvgIpc) is 3.49. The van der Waals surface area contributed by atoms with Gasteiger partial charge in [-0.1, -0.05) is 0 Å². The van der Waals surface area contributed by atoms with Crippen LogP contribution >= 0.6 is 0 Å². The minimum absolute atomic E-state index is 0.0749. The van der Waals surface area contributed by atoms with Crippen LogP contribution in [-0.2, 0) is 13.0 Å². The number of nitrogens with one attached hydrogen (secondary N) is 1. The Labute approximate surface area is 165 Å². The largest absolute Gasteiger partial charge is 0.490 e. The highest BCUT2D eigenvalue weighted by Gasteiger charge is 2.31. The number of aryl methyl sites for hydroxylation is 1. The van der Waals surface area contributed by atoms with E-state index in [9.17, 15) is 4.79 Å². The number of hydrogen-bond donors (Lipinski definition) is 1. The molecule has 1 N–H and O–H groups in total. The molecule has 7 heteroatoms. The molecule has 2 aromatic rings. The van der Waals surface area contributed by atoms with Gasteiger partial charge in [-0.3, -0.25) is 4.79 Å². The second-order valence-electron chi connectivity index (χ2n) is 7.43. The summed E-state index contributed by atoms with van der Waals surface area (Å²) in [6.45, 7) is 5.79. The molecule has 1 aliphatic carbocycles. The van der Waals surface area contributed by atoms with Crippen molar-refractivity contribution in [2.45, 2.75) is 64.5 Å². The molecule has 4 rings (SSSR count). The van der Waals surface area contributed by atoms with Crippen LogP contribution in [0.15, 0.2) is 18.2 Å². The molecule has 1 atom stereocenters. The molecule has 1 aliphatic heterocycles. The fourth-order valence-corrected chi connectivity index (χ4v) is 3.76. The number of carbonyl (C=O) groups is 1. The Bertz CT molecular complexity index is 844. The number of fused-ring (bicyclic) bond motifs is 1. The summed E-state index contributed by atoms with van der Waals surface area (Å²) in [5, 5.41) is 12.0. The zero-order valence-corrected chi connectivity index (χ0v) is 16.6. The van der Waals surface area contributed by atoms with Crippen LogP contribution in [-0.4, -0.2) is 39.9 Å². The van der Waals surface area contributed by atoms with Crippen molar-refractivity contribution in [1.29, 1.82) is 0 Å². The smallest absolute Gasteiger partial charge is 0.251 e. The van der Waals surface area contributed by atoms with Gasteiger partial charge in [-0.05, 0) is 57.7 Å². The summed E-state index contributed by atoms with van der Waals surface area (Å²) >= 11 is 0. The third kappa shape index (κ3) is 3.98. The Kier molecular flexibility index (Phi) is 5.50. The van der Waals surface area contributed by atoms with Crippen LogP contribution in [0, 0.1) is 0 Å². The maximum absolute atomic E-state index is 12.8. The van der Waals surface area contributed by atoms with Gasteiger partial charge in [0.05, 0.1) is 13.2 Å². The van der Waals surface area contributed by atoms with Gasteiger partial charge in [-0.15, -0.1) is 10.2 Å². The van der Waals surface area contributed by atoms with E-state index in [1.165, 1.54) is 12.8 Å². The van der Waals surface area contributed by atoms with Crippen molar-refractivity contribution in [3.8, 4) is 11.5 Å².